The van der Waals surface area contributed by atoms with Gasteiger partial charge in [0.25, 0.3) is 5.91 Å². The first kappa shape index (κ1) is 16.6. The van der Waals surface area contributed by atoms with Crippen molar-refractivity contribution in [2.75, 3.05) is 6.54 Å². The normalized spacial score (nSPS) is 10.4. The van der Waals surface area contributed by atoms with Crippen molar-refractivity contribution in [1.82, 2.24) is 5.32 Å². The quantitative estimate of drug-likeness (QED) is 0.524. The van der Waals surface area contributed by atoms with Crippen molar-refractivity contribution >= 4 is 51.7 Å². The van der Waals surface area contributed by atoms with Crippen LogP contribution >= 0.6 is 45.8 Å². The molecule has 0 radical (unpaired) electrons. The van der Waals surface area contributed by atoms with Crippen LogP contribution in [0.4, 0.5) is 0 Å². The summed E-state index contributed by atoms with van der Waals surface area (Å²) in [5.41, 5.74) is 1.83. The fraction of sp³-hybridized carbons (Fsp3) is 0.188. The van der Waals surface area contributed by atoms with Gasteiger partial charge in [-0.15, -0.1) is 0 Å². The summed E-state index contributed by atoms with van der Waals surface area (Å²) in [6.45, 7) is 0.629. The minimum Gasteiger partial charge on any atom is -0.352 e. The van der Waals surface area contributed by atoms with Crippen molar-refractivity contribution in [3.05, 3.63) is 67.2 Å². The van der Waals surface area contributed by atoms with Crippen LogP contribution in [0.1, 0.15) is 22.3 Å². The van der Waals surface area contributed by atoms with Gasteiger partial charge in [-0.1, -0.05) is 41.4 Å². The van der Waals surface area contributed by atoms with Crippen molar-refractivity contribution in [3.63, 3.8) is 0 Å². The smallest absolute Gasteiger partial charge is 0.252 e. The summed E-state index contributed by atoms with van der Waals surface area (Å²) in [7, 11) is 0. The minimum atomic E-state index is -0.0332. The molecule has 0 atom stereocenters. The van der Waals surface area contributed by atoms with Gasteiger partial charge in [0.15, 0.2) is 0 Å². The zero-order chi connectivity index (χ0) is 15.2. The number of benzene rings is 2. The van der Waals surface area contributed by atoms with E-state index in [1.807, 2.05) is 36.4 Å². The van der Waals surface area contributed by atoms with E-state index < -0.39 is 0 Å². The van der Waals surface area contributed by atoms with Crippen molar-refractivity contribution in [3.8, 4) is 0 Å². The summed E-state index contributed by atoms with van der Waals surface area (Å²) in [6, 6.07) is 13.2. The first-order valence-electron chi connectivity index (χ1n) is 6.54. The van der Waals surface area contributed by atoms with Crippen LogP contribution < -0.4 is 5.32 Å². The molecule has 0 aliphatic rings. The Bertz CT molecular complexity index is 646. The molecule has 0 aliphatic heterocycles. The van der Waals surface area contributed by atoms with Crippen LogP contribution in [-0.4, -0.2) is 12.5 Å². The lowest BCUT2D eigenvalue weighted by atomic mass is 10.1. The van der Waals surface area contributed by atoms with E-state index in [0.29, 0.717) is 22.2 Å². The van der Waals surface area contributed by atoms with Crippen LogP contribution in [0, 0.1) is 3.57 Å². The van der Waals surface area contributed by atoms with Gasteiger partial charge in [-0.25, -0.2) is 0 Å². The standard InChI is InChI=1S/C16H14Cl2INO/c17-13-8-7-11(10-14(13)18)4-3-9-20-16(21)12-5-1-2-6-15(12)19/h1-2,5-8,10H,3-4,9H2,(H,20,21). The number of carbonyl (C=O) groups is 1. The fourth-order valence-electron chi connectivity index (χ4n) is 1.93. The van der Waals surface area contributed by atoms with Gasteiger partial charge < -0.3 is 5.32 Å². The Morgan fingerprint density at radius 1 is 1.10 bits per heavy atom. The molecule has 21 heavy (non-hydrogen) atoms. The van der Waals surface area contributed by atoms with Gasteiger partial charge in [0.1, 0.15) is 0 Å². The molecule has 1 N–H and O–H groups in total. The molecule has 5 heteroatoms. The van der Waals surface area contributed by atoms with E-state index in [-0.39, 0.29) is 5.91 Å². The average Bonchev–Trinajstić information content (AvgIpc) is 2.47. The maximum absolute atomic E-state index is 12.0. The predicted octanol–water partition coefficient (Wildman–Crippen LogP) is 4.96. The molecule has 0 unspecified atom stereocenters. The first-order valence-corrected chi connectivity index (χ1v) is 8.38. The highest BCUT2D eigenvalue weighted by molar-refractivity contribution is 14.1. The SMILES string of the molecule is O=C(NCCCc1ccc(Cl)c(Cl)c1)c1ccccc1I. The van der Waals surface area contributed by atoms with E-state index in [4.69, 9.17) is 23.2 Å². The molecule has 2 aromatic rings. The molecular formula is C16H14Cl2INO. The number of nitrogens with one attached hydrogen (secondary N) is 1. The highest BCUT2D eigenvalue weighted by atomic mass is 127. The molecule has 110 valence electrons. The Hall–Kier alpha value is -0.780. The minimum absolute atomic E-state index is 0.0332. The van der Waals surface area contributed by atoms with Crippen LogP contribution in [0.3, 0.4) is 0 Å². The van der Waals surface area contributed by atoms with Crippen LogP contribution in [0.2, 0.25) is 10.0 Å². The van der Waals surface area contributed by atoms with Gasteiger partial charge in [0, 0.05) is 10.1 Å². The Morgan fingerprint density at radius 2 is 1.86 bits per heavy atom. The van der Waals surface area contributed by atoms with Crippen molar-refractivity contribution in [2.45, 2.75) is 12.8 Å². The van der Waals surface area contributed by atoms with E-state index in [1.54, 1.807) is 6.07 Å². The number of rotatable bonds is 5. The third-order valence-corrected chi connectivity index (χ3v) is 4.71. The Morgan fingerprint density at radius 3 is 2.57 bits per heavy atom. The average molecular weight is 434 g/mol. The number of hydrogen-bond donors (Lipinski definition) is 1. The molecule has 1 amide bonds. The van der Waals surface area contributed by atoms with E-state index in [0.717, 1.165) is 22.0 Å². The van der Waals surface area contributed by atoms with Crippen molar-refractivity contribution in [2.24, 2.45) is 0 Å². The third-order valence-electron chi connectivity index (χ3n) is 3.03. The van der Waals surface area contributed by atoms with Gasteiger partial charge >= 0.3 is 0 Å². The van der Waals surface area contributed by atoms with Gasteiger partial charge in [0.05, 0.1) is 15.6 Å². The van der Waals surface area contributed by atoms with Gasteiger partial charge in [-0.2, -0.15) is 0 Å². The summed E-state index contributed by atoms with van der Waals surface area (Å²) in [6.07, 6.45) is 1.70. The third kappa shape index (κ3) is 4.87. The second-order valence-electron chi connectivity index (χ2n) is 4.59. The van der Waals surface area contributed by atoms with Crippen molar-refractivity contribution < 1.29 is 4.79 Å². The highest BCUT2D eigenvalue weighted by Crippen LogP contribution is 2.23. The molecular weight excluding hydrogens is 420 g/mol. The molecule has 0 aliphatic carbocycles. The summed E-state index contributed by atoms with van der Waals surface area (Å²) < 4.78 is 0.956. The molecule has 0 saturated heterocycles. The summed E-state index contributed by atoms with van der Waals surface area (Å²) in [5.74, 6) is -0.0332. The summed E-state index contributed by atoms with van der Waals surface area (Å²) in [5, 5.41) is 4.06. The highest BCUT2D eigenvalue weighted by Gasteiger charge is 2.08. The monoisotopic (exact) mass is 433 g/mol. The van der Waals surface area contributed by atoms with Gasteiger partial charge in [-0.3, -0.25) is 4.79 Å². The summed E-state index contributed by atoms with van der Waals surface area (Å²) in [4.78, 5) is 12.0. The maximum atomic E-state index is 12.0. The zero-order valence-corrected chi connectivity index (χ0v) is 14.9. The molecule has 0 spiro atoms. The number of aryl methyl sites for hydroxylation is 1. The largest absolute Gasteiger partial charge is 0.352 e. The number of amides is 1. The van der Waals surface area contributed by atoms with Crippen LogP contribution in [-0.2, 0) is 6.42 Å². The van der Waals surface area contributed by atoms with Crippen LogP contribution in [0.5, 0.6) is 0 Å². The van der Waals surface area contributed by atoms with E-state index >= 15 is 0 Å². The van der Waals surface area contributed by atoms with E-state index in [2.05, 4.69) is 27.9 Å². The molecule has 0 aromatic heterocycles. The molecule has 0 saturated carbocycles. The number of carbonyl (C=O) groups excluding carboxylic acids is 1. The molecule has 2 nitrogen and oxygen atoms in total. The Labute approximate surface area is 148 Å². The van der Waals surface area contributed by atoms with E-state index in [1.165, 1.54) is 0 Å². The number of halogens is 3. The molecule has 2 aromatic carbocycles. The van der Waals surface area contributed by atoms with Crippen molar-refractivity contribution in [1.29, 1.82) is 0 Å². The van der Waals surface area contributed by atoms with E-state index in [9.17, 15) is 4.79 Å². The van der Waals surface area contributed by atoms with Crippen LogP contribution in [0.25, 0.3) is 0 Å². The Kier molecular flexibility index (Phi) is 6.33. The van der Waals surface area contributed by atoms with Gasteiger partial charge in [0.2, 0.25) is 0 Å². The topological polar surface area (TPSA) is 29.1 Å². The Balaban J connectivity index is 1.81. The lowest BCUT2D eigenvalue weighted by molar-refractivity contribution is 0.0952. The molecule has 0 fully saturated rings. The summed E-state index contributed by atoms with van der Waals surface area (Å²) >= 11 is 14.0. The van der Waals surface area contributed by atoms with Crippen LogP contribution in [0.15, 0.2) is 42.5 Å². The zero-order valence-electron chi connectivity index (χ0n) is 11.2. The first-order chi connectivity index (χ1) is 10.1. The van der Waals surface area contributed by atoms with Gasteiger partial charge in [-0.05, 0) is 65.3 Å². The second-order valence-corrected chi connectivity index (χ2v) is 6.56. The molecule has 0 bridgehead atoms. The fourth-order valence-corrected chi connectivity index (χ4v) is 2.88. The second kappa shape index (κ2) is 8.01. The number of hydrogen-bond acceptors (Lipinski definition) is 1. The predicted molar refractivity (Wildman–Crippen MR) is 96.3 cm³/mol. The maximum Gasteiger partial charge on any atom is 0.252 e. The molecule has 2 rings (SSSR count). The lowest BCUT2D eigenvalue weighted by Crippen LogP contribution is -2.25. The lowest BCUT2D eigenvalue weighted by Gasteiger charge is -2.07. The molecule has 0 heterocycles.